The Labute approximate surface area is 122 Å². The van der Waals surface area contributed by atoms with Gasteiger partial charge in [-0.15, -0.1) is 5.10 Å². The van der Waals surface area contributed by atoms with Gasteiger partial charge >= 0.3 is 0 Å². The van der Waals surface area contributed by atoms with Gasteiger partial charge in [0.05, 0.1) is 17.9 Å². The highest BCUT2D eigenvalue weighted by molar-refractivity contribution is 6.35. The van der Waals surface area contributed by atoms with Crippen LogP contribution < -0.4 is 5.32 Å². The van der Waals surface area contributed by atoms with Crippen LogP contribution in [0.5, 0.6) is 0 Å². The summed E-state index contributed by atoms with van der Waals surface area (Å²) in [7, 11) is 1.89. The van der Waals surface area contributed by atoms with Crippen molar-refractivity contribution in [2.24, 2.45) is 0 Å². The number of halogens is 2. The van der Waals surface area contributed by atoms with Gasteiger partial charge in [0.2, 0.25) is 0 Å². The summed E-state index contributed by atoms with van der Waals surface area (Å²) < 4.78 is 1.89. The first-order valence-corrected chi connectivity index (χ1v) is 6.93. The largest absolute Gasteiger partial charge is 0.308 e. The molecule has 0 aliphatic rings. The zero-order valence-corrected chi connectivity index (χ0v) is 12.4. The second kappa shape index (κ2) is 6.37. The van der Waals surface area contributed by atoms with Gasteiger partial charge in [-0.05, 0) is 31.2 Å². The van der Waals surface area contributed by atoms with Crippen molar-refractivity contribution >= 4 is 23.2 Å². The summed E-state index contributed by atoms with van der Waals surface area (Å²) in [6.45, 7) is 2.94. The number of hydrogen-bond donors (Lipinski definition) is 1. The molecular formula is C13H16Cl2N4. The van der Waals surface area contributed by atoms with Crippen molar-refractivity contribution < 1.29 is 0 Å². The SMILES string of the molecule is CCCn1nncc1C(NC)c1ccc(Cl)cc1Cl. The van der Waals surface area contributed by atoms with Crippen LogP contribution in [-0.4, -0.2) is 22.0 Å². The van der Waals surface area contributed by atoms with E-state index in [0.717, 1.165) is 24.2 Å². The minimum atomic E-state index is -0.0497. The predicted molar refractivity (Wildman–Crippen MR) is 77.7 cm³/mol. The number of benzene rings is 1. The standard InChI is InChI=1S/C13H16Cl2N4/c1-3-6-19-12(8-17-18-19)13(16-2)10-5-4-9(14)7-11(10)15/h4-5,7-8,13,16H,3,6H2,1-2H3. The highest BCUT2D eigenvalue weighted by Gasteiger charge is 2.19. The van der Waals surface area contributed by atoms with Crippen LogP contribution in [0.3, 0.4) is 0 Å². The molecule has 4 nitrogen and oxygen atoms in total. The predicted octanol–water partition coefficient (Wildman–Crippen LogP) is 3.30. The lowest BCUT2D eigenvalue weighted by atomic mass is 10.0. The number of rotatable bonds is 5. The van der Waals surface area contributed by atoms with E-state index in [0.29, 0.717) is 10.0 Å². The van der Waals surface area contributed by atoms with Crippen molar-refractivity contribution in [1.82, 2.24) is 20.3 Å². The first kappa shape index (κ1) is 14.3. The van der Waals surface area contributed by atoms with E-state index in [-0.39, 0.29) is 6.04 Å². The minimum absolute atomic E-state index is 0.0497. The third-order valence-electron chi connectivity index (χ3n) is 2.94. The average molecular weight is 299 g/mol. The Morgan fingerprint density at radius 3 is 2.79 bits per heavy atom. The van der Waals surface area contributed by atoms with Crippen LogP contribution in [0.4, 0.5) is 0 Å². The lowest BCUT2D eigenvalue weighted by molar-refractivity contribution is 0.523. The van der Waals surface area contributed by atoms with Gasteiger partial charge < -0.3 is 5.32 Å². The Morgan fingerprint density at radius 2 is 2.16 bits per heavy atom. The van der Waals surface area contributed by atoms with E-state index in [9.17, 15) is 0 Å². The molecule has 2 aromatic rings. The molecular weight excluding hydrogens is 283 g/mol. The summed E-state index contributed by atoms with van der Waals surface area (Å²) in [6.07, 6.45) is 2.77. The normalized spacial score (nSPS) is 12.6. The molecule has 0 aliphatic carbocycles. The van der Waals surface area contributed by atoms with Crippen LogP contribution in [0.1, 0.15) is 30.6 Å². The highest BCUT2D eigenvalue weighted by atomic mass is 35.5. The van der Waals surface area contributed by atoms with E-state index >= 15 is 0 Å². The van der Waals surface area contributed by atoms with Crippen LogP contribution in [0.15, 0.2) is 24.4 Å². The molecule has 1 atom stereocenters. The Bertz CT molecular complexity index is 553. The zero-order chi connectivity index (χ0) is 13.8. The zero-order valence-electron chi connectivity index (χ0n) is 10.9. The van der Waals surface area contributed by atoms with Gasteiger partial charge in [0.1, 0.15) is 0 Å². The summed E-state index contributed by atoms with van der Waals surface area (Å²) in [6, 6.07) is 5.46. The number of aryl methyl sites for hydroxylation is 1. The Balaban J connectivity index is 2.41. The Kier molecular flexibility index (Phi) is 4.80. The maximum absolute atomic E-state index is 6.27. The van der Waals surface area contributed by atoms with Crippen LogP contribution >= 0.6 is 23.2 Å². The van der Waals surface area contributed by atoms with Gasteiger partial charge in [-0.1, -0.05) is 41.4 Å². The van der Waals surface area contributed by atoms with E-state index in [1.807, 2.05) is 23.9 Å². The highest BCUT2D eigenvalue weighted by Crippen LogP contribution is 2.29. The van der Waals surface area contributed by atoms with Crippen LogP contribution in [-0.2, 0) is 6.54 Å². The van der Waals surface area contributed by atoms with E-state index in [1.165, 1.54) is 0 Å². The molecule has 0 amide bonds. The maximum Gasteiger partial charge on any atom is 0.0802 e. The van der Waals surface area contributed by atoms with E-state index < -0.39 is 0 Å². The van der Waals surface area contributed by atoms with E-state index in [2.05, 4.69) is 22.6 Å². The van der Waals surface area contributed by atoms with Gasteiger partial charge in [0, 0.05) is 16.6 Å². The lowest BCUT2D eigenvalue weighted by Crippen LogP contribution is -2.22. The van der Waals surface area contributed by atoms with Gasteiger partial charge in [0.15, 0.2) is 0 Å². The molecule has 0 saturated carbocycles. The first-order chi connectivity index (χ1) is 9.17. The van der Waals surface area contributed by atoms with Crippen LogP contribution in [0, 0.1) is 0 Å². The van der Waals surface area contributed by atoms with Crippen molar-refractivity contribution in [1.29, 1.82) is 0 Å². The topological polar surface area (TPSA) is 42.7 Å². The average Bonchev–Trinajstić information content (AvgIpc) is 2.82. The summed E-state index contributed by atoms with van der Waals surface area (Å²) in [4.78, 5) is 0. The Hall–Kier alpha value is -1.10. The lowest BCUT2D eigenvalue weighted by Gasteiger charge is -2.18. The fraction of sp³-hybridized carbons (Fsp3) is 0.385. The molecule has 1 N–H and O–H groups in total. The monoisotopic (exact) mass is 298 g/mol. The molecule has 1 aromatic heterocycles. The molecule has 0 bridgehead atoms. The van der Waals surface area contributed by atoms with Gasteiger partial charge in [-0.25, -0.2) is 4.68 Å². The fourth-order valence-corrected chi connectivity index (χ4v) is 2.59. The molecule has 6 heteroatoms. The van der Waals surface area contributed by atoms with Crippen LogP contribution in [0.2, 0.25) is 10.0 Å². The van der Waals surface area contributed by atoms with Gasteiger partial charge in [0.25, 0.3) is 0 Å². The molecule has 0 radical (unpaired) electrons. The summed E-state index contributed by atoms with van der Waals surface area (Å²) in [5.74, 6) is 0. The third-order valence-corrected chi connectivity index (χ3v) is 3.50. The summed E-state index contributed by atoms with van der Waals surface area (Å²) >= 11 is 12.2. The summed E-state index contributed by atoms with van der Waals surface area (Å²) in [5.41, 5.74) is 1.96. The van der Waals surface area contributed by atoms with Crippen LogP contribution in [0.25, 0.3) is 0 Å². The molecule has 0 aliphatic heterocycles. The molecule has 0 fully saturated rings. The number of nitrogens with zero attached hydrogens (tertiary/aromatic N) is 3. The van der Waals surface area contributed by atoms with Crippen molar-refractivity contribution in [3.63, 3.8) is 0 Å². The number of hydrogen-bond acceptors (Lipinski definition) is 3. The smallest absolute Gasteiger partial charge is 0.0802 e. The maximum atomic E-state index is 6.27. The van der Waals surface area contributed by atoms with Gasteiger partial charge in [-0.3, -0.25) is 0 Å². The number of nitrogens with one attached hydrogen (secondary N) is 1. The summed E-state index contributed by atoms with van der Waals surface area (Å²) in [5, 5.41) is 12.6. The minimum Gasteiger partial charge on any atom is -0.308 e. The third kappa shape index (κ3) is 3.08. The molecule has 0 saturated heterocycles. The second-order valence-electron chi connectivity index (χ2n) is 4.27. The molecule has 1 unspecified atom stereocenters. The fourth-order valence-electron chi connectivity index (χ4n) is 2.07. The van der Waals surface area contributed by atoms with Crippen molar-refractivity contribution in [2.45, 2.75) is 25.9 Å². The number of aromatic nitrogens is 3. The molecule has 0 spiro atoms. The van der Waals surface area contributed by atoms with Crippen molar-refractivity contribution in [3.05, 3.63) is 45.7 Å². The van der Waals surface area contributed by atoms with E-state index in [4.69, 9.17) is 23.2 Å². The second-order valence-corrected chi connectivity index (χ2v) is 5.11. The quantitative estimate of drug-likeness (QED) is 0.921. The van der Waals surface area contributed by atoms with E-state index in [1.54, 1.807) is 12.3 Å². The van der Waals surface area contributed by atoms with Crippen molar-refractivity contribution in [3.8, 4) is 0 Å². The molecule has 102 valence electrons. The Morgan fingerprint density at radius 1 is 1.37 bits per heavy atom. The van der Waals surface area contributed by atoms with Gasteiger partial charge in [-0.2, -0.15) is 0 Å². The molecule has 19 heavy (non-hydrogen) atoms. The molecule has 1 aromatic carbocycles. The van der Waals surface area contributed by atoms with Crippen molar-refractivity contribution in [2.75, 3.05) is 7.05 Å². The first-order valence-electron chi connectivity index (χ1n) is 6.18. The molecule has 2 rings (SSSR count). The molecule has 1 heterocycles.